The van der Waals surface area contributed by atoms with Gasteiger partial charge in [0.25, 0.3) is 0 Å². The first-order valence-corrected chi connectivity index (χ1v) is 8.33. The van der Waals surface area contributed by atoms with Crippen LogP contribution in [0.5, 0.6) is 0 Å². The molecule has 2 aromatic rings. The van der Waals surface area contributed by atoms with Crippen LogP contribution in [0.1, 0.15) is 24.8 Å². The molecule has 1 aliphatic rings. The van der Waals surface area contributed by atoms with Crippen LogP contribution in [0, 0.1) is 18.7 Å². The molecule has 1 saturated heterocycles. The van der Waals surface area contributed by atoms with Crippen LogP contribution in [0.2, 0.25) is 0 Å². The maximum Gasteiger partial charge on any atom is 0.225 e. The summed E-state index contributed by atoms with van der Waals surface area (Å²) in [5.74, 6) is 0.795. The van der Waals surface area contributed by atoms with Crippen molar-refractivity contribution in [3.8, 4) is 0 Å². The van der Waals surface area contributed by atoms with Gasteiger partial charge < -0.3 is 10.2 Å². The molecule has 3 rings (SSSR count). The summed E-state index contributed by atoms with van der Waals surface area (Å²) in [5, 5.41) is 2.86. The van der Waals surface area contributed by atoms with Crippen molar-refractivity contribution in [1.29, 1.82) is 0 Å². The minimum atomic E-state index is -0.213. The van der Waals surface area contributed by atoms with Gasteiger partial charge in [-0.05, 0) is 61.6 Å². The number of anilines is 2. The fraction of sp³-hybridized carbons (Fsp3) is 0.368. The molecule has 1 aliphatic heterocycles. The molecule has 24 heavy (non-hydrogen) atoms. The van der Waals surface area contributed by atoms with E-state index < -0.39 is 0 Å². The van der Waals surface area contributed by atoms with E-state index in [1.807, 2.05) is 31.2 Å². The third-order valence-corrected chi connectivity index (χ3v) is 4.46. The zero-order valence-corrected chi connectivity index (χ0v) is 13.8. The van der Waals surface area contributed by atoms with E-state index in [9.17, 15) is 9.18 Å². The van der Waals surface area contributed by atoms with Gasteiger partial charge in [-0.25, -0.2) is 9.37 Å². The summed E-state index contributed by atoms with van der Waals surface area (Å²) in [5.41, 5.74) is 2.12. The Hall–Kier alpha value is -2.43. The molecular formula is C19H22FN3O. The van der Waals surface area contributed by atoms with Crippen LogP contribution < -0.4 is 10.2 Å². The molecule has 0 aliphatic carbocycles. The summed E-state index contributed by atoms with van der Waals surface area (Å²) < 4.78 is 13.0. The molecule has 1 amide bonds. The number of benzene rings is 1. The summed E-state index contributed by atoms with van der Waals surface area (Å²) in [7, 11) is 0. The number of nitrogens with zero attached hydrogens (tertiary/aromatic N) is 2. The molecular weight excluding hydrogens is 305 g/mol. The number of piperidine rings is 1. The fourth-order valence-electron chi connectivity index (χ4n) is 3.05. The number of aryl methyl sites for hydroxylation is 1. The van der Waals surface area contributed by atoms with Crippen molar-refractivity contribution >= 4 is 17.4 Å². The highest BCUT2D eigenvalue weighted by molar-refractivity contribution is 5.89. The third-order valence-electron chi connectivity index (χ3n) is 4.46. The zero-order chi connectivity index (χ0) is 16.9. The molecule has 2 heterocycles. The minimum absolute atomic E-state index is 0.0200. The maximum absolute atomic E-state index is 13.0. The first-order chi connectivity index (χ1) is 11.6. The SMILES string of the molecule is Cc1ccc(NC(=O)CC2CCN(c3ccc(F)cc3)CC2)nc1. The number of aromatic nitrogens is 1. The number of rotatable bonds is 4. The smallest absolute Gasteiger partial charge is 0.225 e. The Bertz CT molecular complexity index is 677. The van der Waals surface area contributed by atoms with Crippen LogP contribution >= 0.6 is 0 Å². The van der Waals surface area contributed by atoms with Gasteiger partial charge in [0.05, 0.1) is 0 Å². The Labute approximate surface area is 141 Å². The highest BCUT2D eigenvalue weighted by Crippen LogP contribution is 2.25. The lowest BCUT2D eigenvalue weighted by Crippen LogP contribution is -2.34. The van der Waals surface area contributed by atoms with Crippen molar-refractivity contribution in [3.05, 3.63) is 54.0 Å². The number of hydrogen-bond acceptors (Lipinski definition) is 3. The molecule has 1 N–H and O–H groups in total. The van der Waals surface area contributed by atoms with E-state index in [0.717, 1.165) is 37.2 Å². The van der Waals surface area contributed by atoms with E-state index in [1.165, 1.54) is 12.1 Å². The molecule has 0 bridgehead atoms. The molecule has 0 spiro atoms. The lowest BCUT2D eigenvalue weighted by Gasteiger charge is -2.33. The van der Waals surface area contributed by atoms with Crippen molar-refractivity contribution in [3.63, 3.8) is 0 Å². The number of nitrogens with one attached hydrogen (secondary N) is 1. The molecule has 1 aromatic heterocycles. The Kier molecular flexibility index (Phi) is 5.08. The van der Waals surface area contributed by atoms with E-state index in [0.29, 0.717) is 18.2 Å². The molecule has 5 heteroatoms. The van der Waals surface area contributed by atoms with Crippen LogP contribution in [0.4, 0.5) is 15.9 Å². The predicted octanol–water partition coefficient (Wildman–Crippen LogP) is 3.77. The summed E-state index contributed by atoms with van der Waals surface area (Å²) in [6.45, 7) is 3.76. The Balaban J connectivity index is 1.47. The lowest BCUT2D eigenvalue weighted by molar-refractivity contribution is -0.117. The Morgan fingerprint density at radius 2 is 1.92 bits per heavy atom. The van der Waals surface area contributed by atoms with E-state index in [1.54, 1.807) is 6.20 Å². The van der Waals surface area contributed by atoms with Crippen molar-refractivity contribution in [2.45, 2.75) is 26.2 Å². The van der Waals surface area contributed by atoms with Crippen LogP contribution in [0.15, 0.2) is 42.6 Å². The Morgan fingerprint density at radius 1 is 1.21 bits per heavy atom. The summed E-state index contributed by atoms with van der Waals surface area (Å²) in [6, 6.07) is 10.4. The largest absolute Gasteiger partial charge is 0.372 e. The average Bonchev–Trinajstić information content (AvgIpc) is 2.58. The van der Waals surface area contributed by atoms with E-state index in [4.69, 9.17) is 0 Å². The second-order valence-corrected chi connectivity index (χ2v) is 6.38. The van der Waals surface area contributed by atoms with Crippen LogP contribution in [-0.4, -0.2) is 24.0 Å². The third kappa shape index (κ3) is 4.31. The van der Waals surface area contributed by atoms with Crippen molar-refractivity contribution in [2.24, 2.45) is 5.92 Å². The zero-order valence-electron chi connectivity index (χ0n) is 13.8. The fourth-order valence-corrected chi connectivity index (χ4v) is 3.05. The molecule has 1 aromatic carbocycles. The van der Waals surface area contributed by atoms with Crippen LogP contribution in [0.3, 0.4) is 0 Å². The minimum Gasteiger partial charge on any atom is -0.372 e. The van der Waals surface area contributed by atoms with Gasteiger partial charge in [0, 0.05) is 31.4 Å². The van der Waals surface area contributed by atoms with E-state index in [-0.39, 0.29) is 11.7 Å². The predicted molar refractivity (Wildman–Crippen MR) is 93.6 cm³/mol. The second-order valence-electron chi connectivity index (χ2n) is 6.38. The van der Waals surface area contributed by atoms with Crippen molar-refractivity contribution in [2.75, 3.05) is 23.3 Å². The molecule has 0 radical (unpaired) electrons. The van der Waals surface area contributed by atoms with Gasteiger partial charge in [-0.3, -0.25) is 4.79 Å². The topological polar surface area (TPSA) is 45.2 Å². The summed E-state index contributed by atoms with van der Waals surface area (Å²) in [6.07, 6.45) is 4.20. The number of carbonyl (C=O) groups is 1. The van der Waals surface area contributed by atoms with Crippen LogP contribution in [0.25, 0.3) is 0 Å². The van der Waals surface area contributed by atoms with E-state index in [2.05, 4.69) is 15.2 Å². The Morgan fingerprint density at radius 3 is 2.54 bits per heavy atom. The molecule has 0 saturated carbocycles. The molecule has 1 fully saturated rings. The molecule has 0 atom stereocenters. The van der Waals surface area contributed by atoms with Gasteiger partial charge in [-0.1, -0.05) is 6.07 Å². The second kappa shape index (κ2) is 7.43. The maximum atomic E-state index is 13.0. The molecule has 0 unspecified atom stereocenters. The normalized spacial score (nSPS) is 15.3. The van der Waals surface area contributed by atoms with Crippen molar-refractivity contribution in [1.82, 2.24) is 4.98 Å². The van der Waals surface area contributed by atoms with Gasteiger partial charge in [0.15, 0.2) is 0 Å². The number of halogens is 1. The van der Waals surface area contributed by atoms with E-state index >= 15 is 0 Å². The number of pyridine rings is 1. The summed E-state index contributed by atoms with van der Waals surface area (Å²) >= 11 is 0. The quantitative estimate of drug-likeness (QED) is 0.929. The monoisotopic (exact) mass is 327 g/mol. The first-order valence-electron chi connectivity index (χ1n) is 8.33. The van der Waals surface area contributed by atoms with Gasteiger partial charge in [0.1, 0.15) is 11.6 Å². The highest BCUT2D eigenvalue weighted by atomic mass is 19.1. The highest BCUT2D eigenvalue weighted by Gasteiger charge is 2.22. The average molecular weight is 327 g/mol. The lowest BCUT2D eigenvalue weighted by atomic mass is 9.93. The van der Waals surface area contributed by atoms with Gasteiger partial charge in [-0.15, -0.1) is 0 Å². The van der Waals surface area contributed by atoms with Crippen molar-refractivity contribution < 1.29 is 9.18 Å². The number of carbonyl (C=O) groups excluding carboxylic acids is 1. The number of hydrogen-bond donors (Lipinski definition) is 1. The standard InChI is InChI=1S/C19H22FN3O/c1-14-2-7-18(21-13-14)22-19(24)12-15-8-10-23(11-9-15)17-5-3-16(20)4-6-17/h2-7,13,15H,8-12H2,1H3,(H,21,22,24). The van der Waals surface area contributed by atoms with Gasteiger partial charge in [0.2, 0.25) is 5.91 Å². The molecule has 4 nitrogen and oxygen atoms in total. The van der Waals surface area contributed by atoms with Gasteiger partial charge in [-0.2, -0.15) is 0 Å². The summed E-state index contributed by atoms with van der Waals surface area (Å²) in [4.78, 5) is 18.6. The number of amides is 1. The van der Waals surface area contributed by atoms with Gasteiger partial charge >= 0.3 is 0 Å². The first kappa shape index (κ1) is 16.4. The van der Waals surface area contributed by atoms with Crippen LogP contribution in [-0.2, 0) is 4.79 Å². The molecule has 126 valence electrons.